The summed E-state index contributed by atoms with van der Waals surface area (Å²) in [4.78, 5) is 0. The van der Waals surface area contributed by atoms with Gasteiger partial charge in [0.15, 0.2) is 0 Å². The molecule has 0 bridgehead atoms. The maximum atomic E-state index is 12.1. The van der Waals surface area contributed by atoms with Crippen LogP contribution in [0.4, 0.5) is 4.39 Å². The highest BCUT2D eigenvalue weighted by Crippen LogP contribution is 2.42. The molecule has 0 saturated heterocycles. The molecule has 0 aliphatic heterocycles. The third-order valence-electron chi connectivity index (χ3n) is 6.47. The van der Waals surface area contributed by atoms with E-state index in [2.05, 4.69) is 6.92 Å². The molecule has 22 heavy (non-hydrogen) atoms. The van der Waals surface area contributed by atoms with E-state index < -0.39 is 0 Å². The molecule has 0 heterocycles. The van der Waals surface area contributed by atoms with Crippen molar-refractivity contribution in [2.75, 3.05) is 0 Å². The number of unbranched alkanes of at least 4 members (excludes halogenated alkanes) is 3. The second-order valence-electron chi connectivity index (χ2n) is 8.01. The highest BCUT2D eigenvalue weighted by Gasteiger charge is 2.30. The molecule has 0 aromatic rings. The van der Waals surface area contributed by atoms with E-state index >= 15 is 0 Å². The lowest BCUT2D eigenvalue weighted by molar-refractivity contribution is 0.143. The van der Waals surface area contributed by atoms with E-state index in [0.29, 0.717) is 0 Å². The molecular weight excluding hydrogens is 271 g/mol. The molecule has 2 rings (SSSR count). The summed E-state index contributed by atoms with van der Waals surface area (Å²) in [6, 6.07) is 0. The van der Waals surface area contributed by atoms with Crippen molar-refractivity contribution in [1.29, 1.82) is 0 Å². The summed E-state index contributed by atoms with van der Waals surface area (Å²) in [5.74, 6) is 3.81. The Morgan fingerprint density at radius 1 is 0.773 bits per heavy atom. The fourth-order valence-corrected chi connectivity index (χ4v) is 4.95. The van der Waals surface area contributed by atoms with E-state index in [1.54, 1.807) is 6.08 Å². The maximum Gasteiger partial charge on any atom is 0.0827 e. The molecular formula is C21H37F. The summed E-state index contributed by atoms with van der Waals surface area (Å²) in [6.45, 7) is 2.30. The molecule has 0 radical (unpaired) electrons. The first kappa shape index (κ1) is 18.0. The Morgan fingerprint density at radius 3 is 1.91 bits per heavy atom. The number of hydrogen-bond donors (Lipinski definition) is 0. The highest BCUT2D eigenvalue weighted by molar-refractivity contribution is 4.85. The zero-order chi connectivity index (χ0) is 15.6. The van der Waals surface area contributed by atoms with Gasteiger partial charge in [-0.2, -0.15) is 0 Å². The monoisotopic (exact) mass is 308 g/mol. The van der Waals surface area contributed by atoms with E-state index in [1.165, 1.54) is 83.5 Å². The Kier molecular flexibility index (Phi) is 8.55. The number of rotatable bonds is 8. The standard InChI is InChI=1S/C21H37F/c1-2-3-4-5-7-18-9-13-20(14-10-18)21-15-11-19(12-16-21)8-6-17-22/h6,17-21H,2-5,7-16H2,1H3/b17-6+/t18-,19-,20-,21-. The number of hydrogen-bond acceptors (Lipinski definition) is 0. The Labute approximate surface area is 138 Å². The van der Waals surface area contributed by atoms with Crippen LogP contribution in [0.5, 0.6) is 0 Å². The maximum absolute atomic E-state index is 12.1. The van der Waals surface area contributed by atoms with Crippen molar-refractivity contribution in [3.05, 3.63) is 12.4 Å². The van der Waals surface area contributed by atoms with Gasteiger partial charge in [-0.3, -0.25) is 0 Å². The molecule has 0 amide bonds. The first-order chi connectivity index (χ1) is 10.8. The van der Waals surface area contributed by atoms with Crippen LogP contribution in [0.25, 0.3) is 0 Å². The molecule has 1 heteroatoms. The highest BCUT2D eigenvalue weighted by atomic mass is 19.1. The lowest BCUT2D eigenvalue weighted by Crippen LogP contribution is -2.25. The largest absolute Gasteiger partial charge is 0.216 e. The van der Waals surface area contributed by atoms with E-state index in [-0.39, 0.29) is 0 Å². The van der Waals surface area contributed by atoms with Crippen LogP contribution in [-0.2, 0) is 0 Å². The predicted octanol–water partition coefficient (Wildman–Crippen LogP) is 7.44. The molecule has 2 fully saturated rings. The molecule has 0 aromatic carbocycles. The Hall–Kier alpha value is -0.330. The summed E-state index contributed by atoms with van der Waals surface area (Å²) in [5, 5.41) is 0. The van der Waals surface area contributed by atoms with Gasteiger partial charge in [-0.15, -0.1) is 0 Å². The second kappa shape index (κ2) is 10.4. The zero-order valence-electron chi connectivity index (χ0n) is 14.7. The molecule has 2 aliphatic carbocycles. The first-order valence-corrected chi connectivity index (χ1v) is 10.1. The molecule has 0 unspecified atom stereocenters. The average Bonchev–Trinajstić information content (AvgIpc) is 2.58. The van der Waals surface area contributed by atoms with Crippen molar-refractivity contribution in [3.8, 4) is 0 Å². The third kappa shape index (κ3) is 6.05. The molecule has 0 spiro atoms. The van der Waals surface area contributed by atoms with Crippen LogP contribution in [0.1, 0.15) is 96.8 Å². The number of halogens is 1. The topological polar surface area (TPSA) is 0 Å². The second-order valence-corrected chi connectivity index (χ2v) is 8.01. The zero-order valence-corrected chi connectivity index (χ0v) is 14.7. The van der Waals surface area contributed by atoms with Crippen LogP contribution in [0, 0.1) is 23.7 Å². The van der Waals surface area contributed by atoms with Crippen molar-refractivity contribution >= 4 is 0 Å². The SMILES string of the molecule is CCCCCC[C@H]1CC[C@H]([C@H]2CC[C@H](C/C=C/F)CC2)CC1. The van der Waals surface area contributed by atoms with Crippen molar-refractivity contribution < 1.29 is 4.39 Å². The minimum atomic E-state index is 0.730. The molecule has 0 nitrogen and oxygen atoms in total. The van der Waals surface area contributed by atoms with Crippen LogP contribution in [0.3, 0.4) is 0 Å². The van der Waals surface area contributed by atoms with Crippen molar-refractivity contribution in [1.82, 2.24) is 0 Å². The van der Waals surface area contributed by atoms with Crippen molar-refractivity contribution in [2.24, 2.45) is 23.7 Å². The Balaban J connectivity index is 1.59. The first-order valence-electron chi connectivity index (χ1n) is 10.1. The smallest absolute Gasteiger partial charge is 0.0827 e. The minimum absolute atomic E-state index is 0.730. The van der Waals surface area contributed by atoms with Gasteiger partial charge in [-0.1, -0.05) is 57.9 Å². The summed E-state index contributed by atoms with van der Waals surface area (Å²) < 4.78 is 12.1. The average molecular weight is 309 g/mol. The van der Waals surface area contributed by atoms with Gasteiger partial charge in [0.05, 0.1) is 6.33 Å². The molecule has 0 atom stereocenters. The van der Waals surface area contributed by atoms with Crippen LogP contribution in [0.15, 0.2) is 12.4 Å². The normalized spacial score (nSPS) is 33.4. The summed E-state index contributed by atoms with van der Waals surface area (Å²) in [7, 11) is 0. The molecule has 0 aromatic heterocycles. The lowest BCUT2D eigenvalue weighted by atomic mass is 9.68. The van der Waals surface area contributed by atoms with E-state index in [1.807, 2.05) is 0 Å². The molecule has 0 N–H and O–H groups in total. The fraction of sp³-hybridized carbons (Fsp3) is 0.905. The minimum Gasteiger partial charge on any atom is -0.216 e. The van der Waals surface area contributed by atoms with Gasteiger partial charge >= 0.3 is 0 Å². The van der Waals surface area contributed by atoms with Crippen LogP contribution < -0.4 is 0 Å². The van der Waals surface area contributed by atoms with Crippen LogP contribution >= 0.6 is 0 Å². The lowest BCUT2D eigenvalue weighted by Gasteiger charge is -2.37. The van der Waals surface area contributed by atoms with Gasteiger partial charge in [-0.05, 0) is 68.6 Å². The van der Waals surface area contributed by atoms with Crippen molar-refractivity contribution in [2.45, 2.75) is 96.8 Å². The van der Waals surface area contributed by atoms with E-state index in [4.69, 9.17) is 0 Å². The molecule has 128 valence electrons. The molecule has 2 saturated carbocycles. The van der Waals surface area contributed by atoms with E-state index in [9.17, 15) is 4.39 Å². The third-order valence-corrected chi connectivity index (χ3v) is 6.47. The van der Waals surface area contributed by atoms with Gasteiger partial charge < -0.3 is 0 Å². The number of allylic oxidation sites excluding steroid dienone is 1. The van der Waals surface area contributed by atoms with Crippen molar-refractivity contribution in [3.63, 3.8) is 0 Å². The summed E-state index contributed by atoms with van der Waals surface area (Å²) in [5.41, 5.74) is 0. The summed E-state index contributed by atoms with van der Waals surface area (Å²) in [6.07, 6.45) is 22.1. The summed E-state index contributed by atoms with van der Waals surface area (Å²) >= 11 is 0. The van der Waals surface area contributed by atoms with E-state index in [0.717, 1.165) is 36.4 Å². The quantitative estimate of drug-likeness (QED) is 0.409. The van der Waals surface area contributed by atoms with Crippen LogP contribution in [-0.4, -0.2) is 0 Å². The van der Waals surface area contributed by atoms with Gasteiger partial charge in [-0.25, -0.2) is 4.39 Å². The Morgan fingerprint density at radius 2 is 1.36 bits per heavy atom. The molecule has 2 aliphatic rings. The van der Waals surface area contributed by atoms with Gasteiger partial charge in [0, 0.05) is 0 Å². The van der Waals surface area contributed by atoms with Gasteiger partial charge in [0.25, 0.3) is 0 Å². The van der Waals surface area contributed by atoms with Crippen LogP contribution in [0.2, 0.25) is 0 Å². The predicted molar refractivity (Wildman–Crippen MR) is 94.5 cm³/mol. The Bertz CT molecular complexity index is 293. The fourth-order valence-electron chi connectivity index (χ4n) is 4.95. The van der Waals surface area contributed by atoms with Gasteiger partial charge in [0.2, 0.25) is 0 Å². The van der Waals surface area contributed by atoms with Gasteiger partial charge in [0.1, 0.15) is 0 Å².